The molecule has 2 nitrogen and oxygen atoms in total. The van der Waals surface area contributed by atoms with Crippen molar-refractivity contribution in [3.05, 3.63) is 22.7 Å². The fourth-order valence-electron chi connectivity index (χ4n) is 1.34. The van der Waals surface area contributed by atoms with Crippen LogP contribution in [0.4, 0.5) is 5.69 Å². The molecule has 1 rings (SSSR count). The molecular weight excluding hydrogens is 254 g/mol. The molecule has 1 aromatic carbocycles. The molecule has 0 aliphatic heterocycles. The molecule has 0 radical (unpaired) electrons. The van der Waals surface area contributed by atoms with Crippen LogP contribution in [-0.2, 0) is 0 Å². The van der Waals surface area contributed by atoms with Crippen LogP contribution < -0.4 is 10.5 Å². The molecule has 0 aliphatic rings. The van der Waals surface area contributed by atoms with Crippen molar-refractivity contribution in [3.63, 3.8) is 0 Å². The average molecular weight is 272 g/mol. The van der Waals surface area contributed by atoms with Crippen LogP contribution in [0.15, 0.2) is 22.7 Å². The van der Waals surface area contributed by atoms with Gasteiger partial charge in [0.2, 0.25) is 0 Å². The minimum absolute atomic E-state index is 0.738. The summed E-state index contributed by atoms with van der Waals surface area (Å²) in [5, 5.41) is 0. The zero-order chi connectivity index (χ0) is 11.1. The summed E-state index contributed by atoms with van der Waals surface area (Å²) in [4.78, 5) is 0. The molecule has 0 saturated carbocycles. The van der Waals surface area contributed by atoms with Crippen LogP contribution in [0.5, 0.6) is 5.75 Å². The molecule has 2 N–H and O–H groups in total. The number of hydrogen-bond donors (Lipinski definition) is 1. The van der Waals surface area contributed by atoms with Gasteiger partial charge < -0.3 is 10.5 Å². The van der Waals surface area contributed by atoms with Crippen LogP contribution >= 0.6 is 15.9 Å². The molecule has 0 aliphatic carbocycles. The van der Waals surface area contributed by atoms with Crippen molar-refractivity contribution in [1.82, 2.24) is 0 Å². The Kier molecular flexibility index (Phi) is 5.54. The van der Waals surface area contributed by atoms with Gasteiger partial charge in [-0.05, 0) is 34.5 Å². The minimum Gasteiger partial charge on any atom is -0.492 e. The standard InChI is InChI=1S/C12H18BrNO/c1-2-3-4-5-8-15-12-9-10(14)6-7-11(12)13/h6-7,9H,2-5,8,14H2,1H3. The van der Waals surface area contributed by atoms with Gasteiger partial charge in [0, 0.05) is 11.8 Å². The molecule has 0 unspecified atom stereocenters. The smallest absolute Gasteiger partial charge is 0.135 e. The maximum absolute atomic E-state index is 5.68. The second-order valence-corrected chi connectivity index (χ2v) is 4.45. The van der Waals surface area contributed by atoms with Gasteiger partial charge in [-0.3, -0.25) is 0 Å². The predicted molar refractivity (Wildman–Crippen MR) is 68.2 cm³/mol. The minimum atomic E-state index is 0.738. The van der Waals surface area contributed by atoms with Gasteiger partial charge in [0.25, 0.3) is 0 Å². The summed E-state index contributed by atoms with van der Waals surface area (Å²) in [5.74, 6) is 0.839. The number of nitrogen functional groups attached to an aromatic ring is 1. The number of rotatable bonds is 6. The van der Waals surface area contributed by atoms with E-state index >= 15 is 0 Å². The first-order chi connectivity index (χ1) is 7.24. The number of benzene rings is 1. The molecule has 1 aromatic rings. The van der Waals surface area contributed by atoms with Crippen LogP contribution in [-0.4, -0.2) is 6.61 Å². The summed E-state index contributed by atoms with van der Waals surface area (Å²) >= 11 is 3.43. The number of anilines is 1. The van der Waals surface area contributed by atoms with Crippen LogP contribution in [0, 0.1) is 0 Å². The van der Waals surface area contributed by atoms with E-state index in [0.29, 0.717) is 0 Å². The molecule has 0 saturated heterocycles. The van der Waals surface area contributed by atoms with E-state index in [4.69, 9.17) is 10.5 Å². The lowest BCUT2D eigenvalue weighted by Gasteiger charge is -2.08. The van der Waals surface area contributed by atoms with Gasteiger partial charge in [0.05, 0.1) is 11.1 Å². The van der Waals surface area contributed by atoms with E-state index in [1.807, 2.05) is 18.2 Å². The topological polar surface area (TPSA) is 35.2 Å². The second kappa shape index (κ2) is 6.72. The Morgan fingerprint density at radius 2 is 2.07 bits per heavy atom. The molecule has 0 heterocycles. The van der Waals surface area contributed by atoms with Crippen LogP contribution in [0.25, 0.3) is 0 Å². The van der Waals surface area contributed by atoms with Crippen molar-refractivity contribution in [1.29, 1.82) is 0 Å². The zero-order valence-corrected chi connectivity index (χ0v) is 10.7. The lowest BCUT2D eigenvalue weighted by molar-refractivity contribution is 0.303. The first-order valence-corrected chi connectivity index (χ1v) is 6.21. The Hall–Kier alpha value is -0.700. The Balaban J connectivity index is 2.33. The van der Waals surface area contributed by atoms with E-state index in [9.17, 15) is 0 Å². The molecule has 84 valence electrons. The monoisotopic (exact) mass is 271 g/mol. The Morgan fingerprint density at radius 1 is 1.27 bits per heavy atom. The van der Waals surface area contributed by atoms with Crippen LogP contribution in [0.3, 0.4) is 0 Å². The van der Waals surface area contributed by atoms with Gasteiger partial charge in [-0.15, -0.1) is 0 Å². The fourth-order valence-corrected chi connectivity index (χ4v) is 1.70. The van der Waals surface area contributed by atoms with Gasteiger partial charge in [-0.1, -0.05) is 26.2 Å². The Labute approximate surface area is 99.9 Å². The molecular formula is C12H18BrNO. The number of unbranched alkanes of at least 4 members (excludes halogenated alkanes) is 3. The molecule has 0 bridgehead atoms. The lowest BCUT2D eigenvalue weighted by atomic mass is 10.2. The highest BCUT2D eigenvalue weighted by molar-refractivity contribution is 9.10. The summed E-state index contributed by atoms with van der Waals surface area (Å²) in [6.45, 7) is 2.97. The molecule has 15 heavy (non-hydrogen) atoms. The zero-order valence-electron chi connectivity index (χ0n) is 9.13. The maximum Gasteiger partial charge on any atom is 0.135 e. The summed E-state index contributed by atoms with van der Waals surface area (Å²) in [5.41, 5.74) is 6.42. The predicted octanol–water partition coefficient (Wildman–Crippen LogP) is 3.99. The van der Waals surface area contributed by atoms with Crippen molar-refractivity contribution in [3.8, 4) is 5.75 Å². The van der Waals surface area contributed by atoms with E-state index < -0.39 is 0 Å². The third kappa shape index (κ3) is 4.56. The highest BCUT2D eigenvalue weighted by Gasteiger charge is 2.00. The molecule has 3 heteroatoms. The van der Waals surface area contributed by atoms with E-state index in [0.717, 1.165) is 28.9 Å². The third-order valence-corrected chi connectivity index (χ3v) is 2.87. The van der Waals surface area contributed by atoms with E-state index in [2.05, 4.69) is 22.9 Å². The van der Waals surface area contributed by atoms with Gasteiger partial charge in [-0.2, -0.15) is 0 Å². The summed E-state index contributed by atoms with van der Waals surface area (Å²) in [6, 6.07) is 5.62. The summed E-state index contributed by atoms with van der Waals surface area (Å²) < 4.78 is 6.60. The van der Waals surface area contributed by atoms with Crippen molar-refractivity contribution >= 4 is 21.6 Å². The van der Waals surface area contributed by atoms with Gasteiger partial charge >= 0.3 is 0 Å². The van der Waals surface area contributed by atoms with Crippen LogP contribution in [0.1, 0.15) is 32.6 Å². The third-order valence-electron chi connectivity index (χ3n) is 2.21. The first kappa shape index (κ1) is 12.4. The first-order valence-electron chi connectivity index (χ1n) is 5.42. The van der Waals surface area contributed by atoms with Gasteiger partial charge in [0.15, 0.2) is 0 Å². The molecule has 0 fully saturated rings. The molecule has 0 spiro atoms. The van der Waals surface area contributed by atoms with Crippen molar-refractivity contribution in [2.24, 2.45) is 0 Å². The number of halogens is 1. The summed E-state index contributed by atoms with van der Waals surface area (Å²) in [7, 11) is 0. The van der Waals surface area contributed by atoms with Gasteiger partial charge in [0.1, 0.15) is 5.75 Å². The van der Waals surface area contributed by atoms with Crippen molar-refractivity contribution < 1.29 is 4.74 Å². The highest BCUT2D eigenvalue weighted by Crippen LogP contribution is 2.27. The van der Waals surface area contributed by atoms with E-state index in [1.165, 1.54) is 19.3 Å². The SMILES string of the molecule is CCCCCCOc1cc(N)ccc1Br. The molecule has 0 aromatic heterocycles. The Morgan fingerprint density at radius 3 is 2.80 bits per heavy atom. The van der Waals surface area contributed by atoms with Crippen molar-refractivity contribution in [2.75, 3.05) is 12.3 Å². The largest absolute Gasteiger partial charge is 0.492 e. The number of nitrogens with two attached hydrogens (primary N) is 1. The normalized spacial score (nSPS) is 10.3. The Bertz CT molecular complexity index is 302. The second-order valence-electron chi connectivity index (χ2n) is 3.60. The number of ether oxygens (including phenoxy) is 1. The maximum atomic E-state index is 5.68. The van der Waals surface area contributed by atoms with E-state index in [1.54, 1.807) is 0 Å². The number of hydrogen-bond acceptors (Lipinski definition) is 2. The van der Waals surface area contributed by atoms with E-state index in [-0.39, 0.29) is 0 Å². The highest BCUT2D eigenvalue weighted by atomic mass is 79.9. The molecule has 0 atom stereocenters. The molecule has 0 amide bonds. The van der Waals surface area contributed by atoms with Crippen molar-refractivity contribution in [2.45, 2.75) is 32.6 Å². The lowest BCUT2D eigenvalue weighted by Crippen LogP contribution is -1.98. The summed E-state index contributed by atoms with van der Waals surface area (Å²) in [6.07, 6.45) is 4.87. The van der Waals surface area contributed by atoms with Crippen LogP contribution in [0.2, 0.25) is 0 Å². The quantitative estimate of drug-likeness (QED) is 0.627. The van der Waals surface area contributed by atoms with Gasteiger partial charge in [-0.25, -0.2) is 0 Å². The average Bonchev–Trinajstić information content (AvgIpc) is 2.23. The fraction of sp³-hybridized carbons (Fsp3) is 0.500.